The molecule has 0 saturated carbocycles. The molecular weight excluding hydrogens is 252 g/mol. The maximum Gasteiger partial charge on any atom is 0.303 e. The SMILES string of the molecule is CCCC/C=C/CC(OC(C)=O)C(=O)c1ccccc1. The van der Waals surface area contributed by atoms with Crippen LogP contribution in [-0.2, 0) is 9.53 Å². The lowest BCUT2D eigenvalue weighted by molar-refractivity contribution is -0.144. The summed E-state index contributed by atoms with van der Waals surface area (Å²) < 4.78 is 5.13. The lowest BCUT2D eigenvalue weighted by Gasteiger charge is -2.14. The molecule has 3 nitrogen and oxygen atoms in total. The molecule has 1 aromatic carbocycles. The number of carbonyl (C=O) groups is 2. The Hall–Kier alpha value is -1.90. The van der Waals surface area contributed by atoms with Crippen molar-refractivity contribution < 1.29 is 14.3 Å². The van der Waals surface area contributed by atoms with Gasteiger partial charge >= 0.3 is 5.97 Å². The third-order valence-electron chi connectivity index (χ3n) is 2.90. The van der Waals surface area contributed by atoms with E-state index in [-0.39, 0.29) is 5.78 Å². The molecule has 0 aliphatic rings. The summed E-state index contributed by atoms with van der Waals surface area (Å²) >= 11 is 0. The Morgan fingerprint density at radius 1 is 1.20 bits per heavy atom. The van der Waals surface area contributed by atoms with Crippen LogP contribution in [0.25, 0.3) is 0 Å². The summed E-state index contributed by atoms with van der Waals surface area (Å²) in [5.74, 6) is -0.581. The molecule has 0 fully saturated rings. The zero-order valence-electron chi connectivity index (χ0n) is 12.2. The number of hydrogen-bond donors (Lipinski definition) is 0. The van der Waals surface area contributed by atoms with Gasteiger partial charge in [-0.15, -0.1) is 0 Å². The van der Waals surface area contributed by atoms with Crippen molar-refractivity contribution >= 4 is 11.8 Å². The van der Waals surface area contributed by atoms with E-state index in [1.54, 1.807) is 24.3 Å². The minimum Gasteiger partial charge on any atom is -0.454 e. The van der Waals surface area contributed by atoms with Crippen LogP contribution in [0, 0.1) is 0 Å². The Morgan fingerprint density at radius 2 is 1.90 bits per heavy atom. The molecule has 1 unspecified atom stereocenters. The molecule has 1 rings (SSSR count). The Bertz CT molecular complexity index is 449. The molecule has 20 heavy (non-hydrogen) atoms. The second-order valence-corrected chi connectivity index (χ2v) is 4.68. The van der Waals surface area contributed by atoms with Crippen molar-refractivity contribution in [2.75, 3.05) is 0 Å². The summed E-state index contributed by atoms with van der Waals surface area (Å²) in [5.41, 5.74) is 0.570. The van der Waals surface area contributed by atoms with Crippen LogP contribution in [0.2, 0.25) is 0 Å². The highest BCUT2D eigenvalue weighted by Gasteiger charge is 2.21. The molecule has 0 aromatic heterocycles. The van der Waals surface area contributed by atoms with Gasteiger partial charge in [0.2, 0.25) is 5.78 Å². The average molecular weight is 274 g/mol. The Kier molecular flexibility index (Phi) is 7.33. The highest BCUT2D eigenvalue weighted by molar-refractivity contribution is 6.00. The molecule has 0 radical (unpaired) electrons. The second kappa shape index (κ2) is 9.08. The first-order valence-corrected chi connectivity index (χ1v) is 7.06. The lowest BCUT2D eigenvalue weighted by atomic mass is 10.0. The summed E-state index contributed by atoms with van der Waals surface area (Å²) in [7, 11) is 0. The molecule has 0 heterocycles. The van der Waals surface area contributed by atoms with Crippen molar-refractivity contribution in [2.24, 2.45) is 0 Å². The first kappa shape index (κ1) is 16.2. The summed E-state index contributed by atoms with van der Waals surface area (Å²) in [5, 5.41) is 0. The van der Waals surface area contributed by atoms with Gasteiger partial charge in [-0.05, 0) is 6.42 Å². The summed E-state index contributed by atoms with van der Waals surface area (Å²) in [6.07, 6.45) is 6.91. The number of benzene rings is 1. The van der Waals surface area contributed by atoms with Crippen molar-refractivity contribution in [1.29, 1.82) is 0 Å². The van der Waals surface area contributed by atoms with Crippen molar-refractivity contribution in [1.82, 2.24) is 0 Å². The summed E-state index contributed by atoms with van der Waals surface area (Å²) in [6, 6.07) is 8.92. The predicted octanol–water partition coefficient (Wildman–Crippen LogP) is 3.94. The van der Waals surface area contributed by atoms with Crippen molar-refractivity contribution in [3.8, 4) is 0 Å². The zero-order chi connectivity index (χ0) is 14.8. The zero-order valence-corrected chi connectivity index (χ0v) is 12.2. The number of carbonyl (C=O) groups excluding carboxylic acids is 2. The Morgan fingerprint density at radius 3 is 2.50 bits per heavy atom. The first-order valence-electron chi connectivity index (χ1n) is 7.06. The highest BCUT2D eigenvalue weighted by Crippen LogP contribution is 2.11. The molecule has 0 aliphatic carbocycles. The largest absolute Gasteiger partial charge is 0.454 e. The molecule has 1 aromatic rings. The summed E-state index contributed by atoms with van der Waals surface area (Å²) in [4.78, 5) is 23.4. The van der Waals surface area contributed by atoms with Gasteiger partial charge < -0.3 is 4.74 Å². The van der Waals surface area contributed by atoms with Crippen LogP contribution in [0.4, 0.5) is 0 Å². The molecule has 1 atom stereocenters. The molecule has 3 heteroatoms. The van der Waals surface area contributed by atoms with Crippen LogP contribution >= 0.6 is 0 Å². The fourth-order valence-electron chi connectivity index (χ4n) is 1.86. The second-order valence-electron chi connectivity index (χ2n) is 4.68. The molecular formula is C17H22O3. The number of ketones is 1. The molecule has 0 saturated heterocycles. The fourth-order valence-corrected chi connectivity index (χ4v) is 1.86. The van der Waals surface area contributed by atoms with Crippen molar-refractivity contribution in [2.45, 2.75) is 45.6 Å². The van der Waals surface area contributed by atoms with E-state index < -0.39 is 12.1 Å². The van der Waals surface area contributed by atoms with E-state index in [0.29, 0.717) is 12.0 Å². The minimum absolute atomic E-state index is 0.152. The van der Waals surface area contributed by atoms with Crippen LogP contribution < -0.4 is 0 Å². The monoisotopic (exact) mass is 274 g/mol. The van der Waals surface area contributed by atoms with E-state index in [1.165, 1.54) is 6.92 Å². The average Bonchev–Trinajstić information content (AvgIpc) is 2.45. The van der Waals surface area contributed by atoms with Gasteiger partial charge in [0.25, 0.3) is 0 Å². The Labute approximate surface area is 120 Å². The maximum absolute atomic E-state index is 12.3. The molecule has 0 aliphatic heterocycles. The van der Waals surface area contributed by atoms with Gasteiger partial charge in [-0.1, -0.05) is 62.2 Å². The lowest BCUT2D eigenvalue weighted by Crippen LogP contribution is -2.26. The number of hydrogen-bond acceptors (Lipinski definition) is 3. The topological polar surface area (TPSA) is 43.4 Å². The maximum atomic E-state index is 12.3. The molecule has 0 bridgehead atoms. The van der Waals surface area contributed by atoms with Crippen LogP contribution in [0.3, 0.4) is 0 Å². The number of ether oxygens (including phenoxy) is 1. The van der Waals surface area contributed by atoms with E-state index in [0.717, 1.165) is 19.3 Å². The van der Waals surface area contributed by atoms with Gasteiger partial charge in [0.05, 0.1) is 0 Å². The normalized spacial score (nSPS) is 12.3. The molecule has 0 amide bonds. The standard InChI is InChI=1S/C17H22O3/c1-3-4-5-6-10-13-16(20-14(2)18)17(19)15-11-8-7-9-12-15/h6-12,16H,3-5,13H2,1-2H3/b10-6+. The third kappa shape index (κ3) is 5.83. The molecule has 0 N–H and O–H groups in total. The molecule has 108 valence electrons. The van der Waals surface area contributed by atoms with E-state index in [1.807, 2.05) is 18.2 Å². The van der Waals surface area contributed by atoms with Gasteiger partial charge in [0.15, 0.2) is 6.10 Å². The number of Topliss-reactive ketones (excluding diaryl/α,β-unsaturated/α-hetero) is 1. The van der Waals surface area contributed by atoms with Crippen LogP contribution in [0.5, 0.6) is 0 Å². The summed E-state index contributed by atoms with van der Waals surface area (Å²) in [6.45, 7) is 3.46. The number of unbranched alkanes of at least 4 members (excludes halogenated alkanes) is 2. The number of allylic oxidation sites excluding steroid dienone is 1. The highest BCUT2D eigenvalue weighted by atomic mass is 16.5. The van der Waals surface area contributed by atoms with Gasteiger partial charge in [0.1, 0.15) is 0 Å². The van der Waals surface area contributed by atoms with E-state index in [2.05, 4.69) is 6.92 Å². The van der Waals surface area contributed by atoms with Gasteiger partial charge in [-0.2, -0.15) is 0 Å². The van der Waals surface area contributed by atoms with Crippen molar-refractivity contribution in [3.63, 3.8) is 0 Å². The van der Waals surface area contributed by atoms with Gasteiger partial charge in [-0.25, -0.2) is 0 Å². The van der Waals surface area contributed by atoms with Crippen LogP contribution in [-0.4, -0.2) is 17.9 Å². The number of rotatable bonds is 8. The van der Waals surface area contributed by atoms with Crippen LogP contribution in [0.15, 0.2) is 42.5 Å². The van der Waals surface area contributed by atoms with Crippen molar-refractivity contribution in [3.05, 3.63) is 48.0 Å². The fraction of sp³-hybridized carbons (Fsp3) is 0.412. The predicted molar refractivity (Wildman–Crippen MR) is 79.6 cm³/mol. The first-order chi connectivity index (χ1) is 9.65. The van der Waals surface area contributed by atoms with E-state index in [9.17, 15) is 9.59 Å². The smallest absolute Gasteiger partial charge is 0.303 e. The molecule has 0 spiro atoms. The van der Waals surface area contributed by atoms with Crippen LogP contribution in [0.1, 0.15) is 49.9 Å². The van der Waals surface area contributed by atoms with E-state index >= 15 is 0 Å². The Balaban J connectivity index is 2.66. The third-order valence-corrected chi connectivity index (χ3v) is 2.90. The van der Waals surface area contributed by atoms with Gasteiger partial charge in [-0.3, -0.25) is 9.59 Å². The number of esters is 1. The minimum atomic E-state index is -0.729. The van der Waals surface area contributed by atoms with E-state index in [4.69, 9.17) is 4.74 Å². The van der Waals surface area contributed by atoms with Gasteiger partial charge in [0, 0.05) is 18.9 Å². The quantitative estimate of drug-likeness (QED) is 0.312.